The summed E-state index contributed by atoms with van der Waals surface area (Å²) in [4.78, 5) is 11.4. The molecule has 0 aliphatic carbocycles. The molecule has 0 spiro atoms. The Labute approximate surface area is 220 Å². The molecular formula is C26H27F5N6O2. The highest BCUT2D eigenvalue weighted by molar-refractivity contribution is 6.02. The summed E-state index contributed by atoms with van der Waals surface area (Å²) >= 11 is 0. The molecule has 3 aromatic rings. The maximum atomic E-state index is 16.5. The molecule has 2 fully saturated rings. The van der Waals surface area contributed by atoms with Crippen molar-refractivity contribution < 1.29 is 31.4 Å². The molecule has 3 aliphatic heterocycles. The molecule has 13 heteroatoms. The molecule has 5 heterocycles. The van der Waals surface area contributed by atoms with Crippen LogP contribution in [0.2, 0.25) is 0 Å². The van der Waals surface area contributed by atoms with Crippen LogP contribution in [0.3, 0.4) is 0 Å². The van der Waals surface area contributed by atoms with Crippen LogP contribution in [0.4, 0.5) is 33.5 Å². The van der Waals surface area contributed by atoms with Crippen LogP contribution in [0.1, 0.15) is 31.0 Å². The summed E-state index contributed by atoms with van der Waals surface area (Å²) in [6.07, 6.45) is -3.43. The minimum absolute atomic E-state index is 0.00939. The molecule has 5 N–H and O–H groups in total. The minimum Gasteiger partial charge on any atom is -0.472 e. The fraction of sp³-hybridized carbons (Fsp3) is 0.462. The molecule has 0 amide bonds. The van der Waals surface area contributed by atoms with Crippen LogP contribution in [0.5, 0.6) is 11.6 Å². The number of nitrogen functional groups attached to an aromatic ring is 1. The number of ether oxygens (including phenoxy) is 2. The predicted octanol–water partition coefficient (Wildman–Crippen LogP) is 3.96. The van der Waals surface area contributed by atoms with E-state index in [1.165, 1.54) is 0 Å². The minimum atomic E-state index is -5.24. The van der Waals surface area contributed by atoms with Crippen molar-refractivity contribution in [2.75, 3.05) is 23.7 Å². The number of piperazine rings is 1. The Kier molecular flexibility index (Phi) is 5.99. The first-order chi connectivity index (χ1) is 18.5. The molecule has 1 aromatic carbocycles. The summed E-state index contributed by atoms with van der Waals surface area (Å²) in [7, 11) is 0. The fourth-order valence-electron chi connectivity index (χ4n) is 6.27. The number of nitrogens with zero attached hydrogens (tertiary/aromatic N) is 3. The lowest BCUT2D eigenvalue weighted by molar-refractivity contribution is -0.275. The number of benzene rings is 1. The third-order valence-corrected chi connectivity index (χ3v) is 7.81. The van der Waals surface area contributed by atoms with E-state index in [0.29, 0.717) is 41.5 Å². The lowest BCUT2D eigenvalue weighted by Crippen LogP contribution is -2.62. The summed E-state index contributed by atoms with van der Waals surface area (Å²) in [6.45, 7) is 4.40. The number of nitrogens with two attached hydrogens (primary N) is 2. The number of rotatable bonds is 4. The molecule has 4 atom stereocenters. The van der Waals surface area contributed by atoms with Crippen molar-refractivity contribution in [3.63, 3.8) is 0 Å². The molecule has 39 heavy (non-hydrogen) atoms. The van der Waals surface area contributed by atoms with Crippen LogP contribution in [0.25, 0.3) is 22.0 Å². The van der Waals surface area contributed by atoms with E-state index >= 15 is 4.39 Å². The van der Waals surface area contributed by atoms with Gasteiger partial charge in [0.05, 0.1) is 17.0 Å². The Morgan fingerprint density at radius 2 is 1.95 bits per heavy atom. The molecule has 2 saturated heterocycles. The van der Waals surface area contributed by atoms with Crippen LogP contribution >= 0.6 is 0 Å². The number of aromatic nitrogens is 2. The van der Waals surface area contributed by atoms with Crippen LogP contribution in [-0.2, 0) is 6.42 Å². The number of anilines is 2. The molecule has 2 bridgehead atoms. The molecule has 0 saturated carbocycles. The van der Waals surface area contributed by atoms with Crippen molar-refractivity contribution in [1.29, 1.82) is 0 Å². The highest BCUT2D eigenvalue weighted by Crippen LogP contribution is 2.47. The number of alkyl halides is 3. The van der Waals surface area contributed by atoms with Crippen molar-refractivity contribution in [3.05, 3.63) is 35.0 Å². The van der Waals surface area contributed by atoms with Gasteiger partial charge in [-0.05, 0) is 44.9 Å². The predicted molar refractivity (Wildman–Crippen MR) is 135 cm³/mol. The second-order valence-electron chi connectivity index (χ2n) is 10.3. The van der Waals surface area contributed by atoms with E-state index in [4.69, 9.17) is 21.2 Å². The zero-order valence-electron chi connectivity index (χ0n) is 21.2. The quantitative estimate of drug-likeness (QED) is 0.331. The van der Waals surface area contributed by atoms with E-state index < -0.39 is 41.1 Å². The maximum Gasteiger partial charge on any atom is 0.573 e. The second kappa shape index (κ2) is 9.05. The molecule has 0 unspecified atom stereocenters. The van der Waals surface area contributed by atoms with Crippen LogP contribution in [0, 0.1) is 18.6 Å². The summed E-state index contributed by atoms with van der Waals surface area (Å²) in [5, 5.41) is 3.99. The Balaban J connectivity index is 1.67. The third kappa shape index (κ3) is 4.18. The average molecular weight is 551 g/mol. The van der Waals surface area contributed by atoms with Gasteiger partial charge in [-0.1, -0.05) is 0 Å². The molecule has 208 valence electrons. The fourth-order valence-corrected chi connectivity index (χ4v) is 6.27. The van der Waals surface area contributed by atoms with E-state index in [0.717, 1.165) is 18.9 Å². The van der Waals surface area contributed by atoms with E-state index in [1.54, 1.807) is 6.92 Å². The van der Waals surface area contributed by atoms with E-state index in [9.17, 15) is 17.6 Å². The van der Waals surface area contributed by atoms with Gasteiger partial charge in [-0.15, -0.1) is 13.2 Å². The van der Waals surface area contributed by atoms with E-state index in [-0.39, 0.29) is 41.6 Å². The highest BCUT2D eigenvalue weighted by atomic mass is 19.4. The van der Waals surface area contributed by atoms with Crippen molar-refractivity contribution in [3.8, 4) is 22.9 Å². The molecular weight excluding hydrogens is 523 g/mol. The zero-order valence-corrected chi connectivity index (χ0v) is 21.2. The van der Waals surface area contributed by atoms with Crippen LogP contribution in [-0.4, -0.2) is 53.6 Å². The number of hydrogen-bond acceptors (Lipinski definition) is 8. The van der Waals surface area contributed by atoms with Crippen molar-refractivity contribution in [2.45, 2.75) is 63.7 Å². The smallest absolute Gasteiger partial charge is 0.472 e. The average Bonchev–Trinajstić information content (AvgIpc) is 3.17. The Morgan fingerprint density at radius 3 is 2.67 bits per heavy atom. The van der Waals surface area contributed by atoms with Gasteiger partial charge >= 0.3 is 6.36 Å². The second-order valence-corrected chi connectivity index (χ2v) is 10.3. The number of hydrogen-bond donors (Lipinski definition) is 3. The number of halogens is 5. The lowest BCUT2D eigenvalue weighted by Gasteiger charge is -2.43. The first-order valence-electron chi connectivity index (χ1n) is 12.7. The lowest BCUT2D eigenvalue weighted by atomic mass is 9.97. The van der Waals surface area contributed by atoms with Gasteiger partial charge in [0.2, 0.25) is 5.88 Å². The summed E-state index contributed by atoms with van der Waals surface area (Å²) in [6, 6.07) is 1.85. The van der Waals surface area contributed by atoms with Crippen LogP contribution in [0.15, 0.2) is 12.1 Å². The number of aryl methyl sites for hydroxylation is 1. The summed E-state index contributed by atoms with van der Waals surface area (Å²) < 4.78 is 81.3. The Bertz CT molecular complexity index is 1480. The number of fused-ring (bicyclic) bond motifs is 5. The maximum absolute atomic E-state index is 16.5. The molecule has 0 radical (unpaired) electrons. The van der Waals surface area contributed by atoms with Gasteiger partial charge in [-0.25, -0.2) is 18.7 Å². The summed E-state index contributed by atoms with van der Waals surface area (Å²) in [5.74, 6) is -3.11. The largest absolute Gasteiger partial charge is 0.573 e. The van der Waals surface area contributed by atoms with Crippen molar-refractivity contribution >= 4 is 22.3 Å². The molecule has 6 rings (SSSR count). The topological polar surface area (TPSA) is 112 Å². The van der Waals surface area contributed by atoms with Crippen molar-refractivity contribution in [2.24, 2.45) is 5.73 Å². The normalized spacial score (nSPS) is 23.9. The van der Waals surface area contributed by atoms with Gasteiger partial charge < -0.3 is 31.2 Å². The Hall–Kier alpha value is -3.45. The third-order valence-electron chi connectivity index (χ3n) is 7.81. The number of pyridine rings is 2. The Morgan fingerprint density at radius 1 is 1.18 bits per heavy atom. The SMILES string of the molecule is Cc1c(CCN)nc2c3c(nc(-c4cc(N)cc(F)c4OC(F)(F)F)c(F)c13)O[C@@H](C)[C@@H]1[C@@H]3CC[C@H](CN21)N3. The van der Waals surface area contributed by atoms with Gasteiger partial charge in [0.25, 0.3) is 0 Å². The van der Waals surface area contributed by atoms with E-state index in [1.807, 2.05) is 6.92 Å². The van der Waals surface area contributed by atoms with Gasteiger partial charge in [0.1, 0.15) is 17.6 Å². The van der Waals surface area contributed by atoms with E-state index in [2.05, 4.69) is 19.9 Å². The first kappa shape index (κ1) is 25.8. The van der Waals surface area contributed by atoms with Gasteiger partial charge in [-0.3, -0.25) is 0 Å². The van der Waals surface area contributed by atoms with Gasteiger partial charge in [0, 0.05) is 47.9 Å². The first-order valence-corrected chi connectivity index (χ1v) is 12.7. The standard InChI is InChI=1S/C26H27F5N6O2/c1-10-16(5-6-32)35-24-19-18(10)20(28)21(14-7-12(33)8-15(27)23(14)39-26(29,30)31)36-25(19)38-11(2)22-17-4-3-13(34-17)9-37(22)24/h7-8,11,13,17,22,34H,3-6,9,32-33H2,1-2H3/t11-,13+,17-,22+/m0/s1. The number of nitrogens with one attached hydrogen (secondary N) is 1. The monoisotopic (exact) mass is 550 g/mol. The van der Waals surface area contributed by atoms with Gasteiger partial charge in [-0.2, -0.15) is 0 Å². The summed E-state index contributed by atoms with van der Waals surface area (Å²) in [5.41, 5.74) is 11.2. The molecule has 3 aliphatic rings. The highest BCUT2D eigenvalue weighted by Gasteiger charge is 2.47. The van der Waals surface area contributed by atoms with Crippen molar-refractivity contribution in [1.82, 2.24) is 15.3 Å². The van der Waals surface area contributed by atoms with Crippen LogP contribution < -0.4 is 31.2 Å². The molecule has 8 nitrogen and oxygen atoms in total. The van der Waals surface area contributed by atoms with Gasteiger partial charge in [0.15, 0.2) is 17.4 Å². The zero-order chi connectivity index (χ0) is 27.8. The molecule has 2 aromatic heterocycles.